The van der Waals surface area contributed by atoms with Crippen LogP contribution in [-0.4, -0.2) is 21.0 Å². The molecule has 0 aliphatic carbocycles. The second kappa shape index (κ2) is 4.72. The summed E-state index contributed by atoms with van der Waals surface area (Å²) in [5.74, 6) is -0.166. The third-order valence-electron chi connectivity index (χ3n) is 1.51. The molecule has 1 heterocycles. The highest BCUT2D eigenvalue weighted by molar-refractivity contribution is 6.29. The lowest BCUT2D eigenvalue weighted by molar-refractivity contribution is 0.101. The molecule has 0 saturated carbocycles. The van der Waals surface area contributed by atoms with Gasteiger partial charge in [-0.2, -0.15) is 5.10 Å². The van der Waals surface area contributed by atoms with Crippen molar-refractivity contribution >= 4 is 17.4 Å². The predicted octanol–water partition coefficient (Wildman–Crippen LogP) is 2.09. The highest BCUT2D eigenvalue weighted by Crippen LogP contribution is 1.99. The SMILES string of the molecule is CC(=O)c1cnc(C)ccc(Cl)[nH]n1. The molecule has 0 radical (unpaired) electrons. The number of nitrogens with one attached hydrogen (secondary N) is 1. The van der Waals surface area contributed by atoms with Gasteiger partial charge in [0.15, 0.2) is 5.78 Å². The summed E-state index contributed by atoms with van der Waals surface area (Å²) >= 11 is 5.73. The minimum absolute atomic E-state index is 0.166. The van der Waals surface area contributed by atoms with Crippen LogP contribution in [0.2, 0.25) is 5.15 Å². The highest BCUT2D eigenvalue weighted by Gasteiger charge is 1.97. The highest BCUT2D eigenvalue weighted by atomic mass is 35.5. The average molecular weight is 212 g/mol. The maximum Gasteiger partial charge on any atom is 0.181 e. The Morgan fingerprint density at radius 2 is 2.21 bits per heavy atom. The lowest BCUT2D eigenvalue weighted by atomic mass is 10.3. The number of nitrogens with zero attached hydrogens (tertiary/aromatic N) is 2. The summed E-state index contributed by atoms with van der Waals surface area (Å²) in [6.45, 7) is 3.22. The smallest absolute Gasteiger partial charge is 0.181 e. The summed E-state index contributed by atoms with van der Waals surface area (Å²) in [7, 11) is 0. The first-order valence-electron chi connectivity index (χ1n) is 4.02. The molecular formula is C9H10ClN3O. The molecular weight excluding hydrogens is 202 g/mol. The van der Waals surface area contributed by atoms with Gasteiger partial charge in [-0.3, -0.25) is 14.9 Å². The predicted molar refractivity (Wildman–Crippen MR) is 53.8 cm³/mol. The largest absolute Gasteiger partial charge is 0.293 e. The van der Waals surface area contributed by atoms with E-state index in [4.69, 9.17) is 11.6 Å². The Bertz CT molecular complexity index is 369. The average Bonchev–Trinajstić information content (AvgIpc) is 2.20. The van der Waals surface area contributed by atoms with Crippen molar-refractivity contribution in [1.82, 2.24) is 15.2 Å². The van der Waals surface area contributed by atoms with Gasteiger partial charge < -0.3 is 0 Å². The van der Waals surface area contributed by atoms with E-state index in [0.717, 1.165) is 5.69 Å². The number of carbonyl (C=O) groups excluding carboxylic acids is 1. The van der Waals surface area contributed by atoms with Crippen molar-refractivity contribution in [3.63, 3.8) is 0 Å². The minimum Gasteiger partial charge on any atom is -0.293 e. The maximum absolute atomic E-state index is 11.0. The number of aromatic amines is 1. The zero-order valence-corrected chi connectivity index (χ0v) is 8.67. The van der Waals surface area contributed by atoms with Gasteiger partial charge in [0.25, 0.3) is 0 Å². The van der Waals surface area contributed by atoms with E-state index < -0.39 is 0 Å². The van der Waals surface area contributed by atoms with Crippen LogP contribution in [0.1, 0.15) is 23.1 Å². The Balaban J connectivity index is 3.39. The second-order valence-electron chi connectivity index (χ2n) is 2.75. The monoisotopic (exact) mass is 211 g/mol. The van der Waals surface area contributed by atoms with Gasteiger partial charge in [0.2, 0.25) is 0 Å². The molecule has 0 aliphatic rings. The van der Waals surface area contributed by atoms with Crippen LogP contribution in [0.4, 0.5) is 0 Å². The Morgan fingerprint density at radius 1 is 1.50 bits per heavy atom. The maximum atomic E-state index is 11.0. The Labute approximate surface area is 86.6 Å². The molecule has 0 aliphatic heterocycles. The molecule has 0 fully saturated rings. The molecule has 0 atom stereocenters. The van der Waals surface area contributed by atoms with Crippen LogP contribution in [0.25, 0.3) is 0 Å². The fraction of sp³-hybridized carbons (Fsp3) is 0.222. The summed E-state index contributed by atoms with van der Waals surface area (Å²) in [5.41, 5.74) is 0.993. The van der Waals surface area contributed by atoms with E-state index >= 15 is 0 Å². The molecule has 0 spiro atoms. The first-order chi connectivity index (χ1) is 6.59. The van der Waals surface area contributed by atoms with Crippen molar-refractivity contribution in [3.05, 3.63) is 34.9 Å². The number of H-pyrrole nitrogens is 1. The molecule has 0 unspecified atom stereocenters. The van der Waals surface area contributed by atoms with E-state index in [1.54, 1.807) is 19.1 Å². The van der Waals surface area contributed by atoms with Gasteiger partial charge in [0, 0.05) is 12.6 Å². The van der Waals surface area contributed by atoms with E-state index in [1.807, 2.05) is 0 Å². The molecule has 14 heavy (non-hydrogen) atoms. The van der Waals surface area contributed by atoms with E-state index in [0.29, 0.717) is 5.15 Å². The fourth-order valence-corrected chi connectivity index (χ4v) is 0.854. The summed E-state index contributed by atoms with van der Waals surface area (Å²) < 4.78 is 0. The lowest BCUT2D eigenvalue weighted by Gasteiger charge is -1.86. The quantitative estimate of drug-likeness (QED) is 0.724. The van der Waals surface area contributed by atoms with Crippen molar-refractivity contribution in [2.24, 2.45) is 0 Å². The van der Waals surface area contributed by atoms with Gasteiger partial charge in [-0.15, -0.1) is 0 Å². The number of hydrogen-bond donors (Lipinski definition) is 1. The van der Waals surface area contributed by atoms with Crippen LogP contribution in [-0.2, 0) is 0 Å². The molecule has 0 saturated heterocycles. The number of aryl methyl sites for hydroxylation is 1. The Morgan fingerprint density at radius 3 is 2.86 bits per heavy atom. The zero-order chi connectivity index (χ0) is 10.6. The number of aromatic nitrogens is 3. The summed E-state index contributed by atoms with van der Waals surface area (Å²) in [4.78, 5) is 15.1. The van der Waals surface area contributed by atoms with Gasteiger partial charge in [-0.1, -0.05) is 11.6 Å². The zero-order valence-electron chi connectivity index (χ0n) is 7.91. The molecule has 1 aromatic rings. The van der Waals surface area contributed by atoms with Crippen molar-refractivity contribution in [2.75, 3.05) is 0 Å². The molecule has 5 heteroatoms. The molecule has 1 rings (SSSR count). The summed E-state index contributed by atoms with van der Waals surface area (Å²) in [5, 5.41) is 6.67. The molecule has 4 nitrogen and oxygen atoms in total. The molecule has 0 bridgehead atoms. The first kappa shape index (κ1) is 10.7. The number of rotatable bonds is 1. The molecule has 74 valence electrons. The third kappa shape index (κ3) is 3.14. The Kier molecular flexibility index (Phi) is 3.59. The van der Waals surface area contributed by atoms with Gasteiger partial charge in [0.05, 0.1) is 6.20 Å². The topological polar surface area (TPSA) is 58.6 Å². The summed E-state index contributed by atoms with van der Waals surface area (Å²) in [6, 6.07) is 3.35. The van der Waals surface area contributed by atoms with Crippen LogP contribution >= 0.6 is 11.6 Å². The molecule has 1 aromatic heterocycles. The Hall–Kier alpha value is -1.42. The van der Waals surface area contributed by atoms with Crippen LogP contribution in [0.3, 0.4) is 0 Å². The molecule has 0 amide bonds. The summed E-state index contributed by atoms with van der Waals surface area (Å²) in [6.07, 6.45) is 1.41. The van der Waals surface area contributed by atoms with Gasteiger partial charge >= 0.3 is 0 Å². The van der Waals surface area contributed by atoms with Crippen LogP contribution < -0.4 is 0 Å². The lowest BCUT2D eigenvalue weighted by Crippen LogP contribution is -1.95. The van der Waals surface area contributed by atoms with Crippen LogP contribution in [0, 0.1) is 6.92 Å². The van der Waals surface area contributed by atoms with E-state index in [9.17, 15) is 4.79 Å². The molecule has 0 aromatic carbocycles. The number of hydrogen-bond acceptors (Lipinski definition) is 3. The van der Waals surface area contributed by atoms with Crippen molar-refractivity contribution in [2.45, 2.75) is 13.8 Å². The van der Waals surface area contributed by atoms with Crippen molar-refractivity contribution in [1.29, 1.82) is 0 Å². The van der Waals surface area contributed by atoms with Crippen LogP contribution in [0.5, 0.6) is 0 Å². The van der Waals surface area contributed by atoms with Gasteiger partial charge in [-0.05, 0) is 19.1 Å². The third-order valence-corrected chi connectivity index (χ3v) is 1.72. The number of ketones is 1. The molecule has 1 N–H and O–H groups in total. The number of carbonyl (C=O) groups is 1. The van der Waals surface area contributed by atoms with Gasteiger partial charge in [-0.25, -0.2) is 0 Å². The number of Topliss-reactive ketones (excluding diaryl/α,β-unsaturated/α-hetero) is 1. The van der Waals surface area contributed by atoms with E-state index in [2.05, 4.69) is 15.2 Å². The number of halogens is 1. The fourth-order valence-electron chi connectivity index (χ4n) is 0.749. The van der Waals surface area contributed by atoms with Gasteiger partial charge in [0.1, 0.15) is 10.8 Å². The van der Waals surface area contributed by atoms with Crippen molar-refractivity contribution in [3.8, 4) is 0 Å². The van der Waals surface area contributed by atoms with E-state index in [-0.39, 0.29) is 11.5 Å². The normalized spacial score (nSPS) is 9.36. The second-order valence-corrected chi connectivity index (χ2v) is 3.15. The first-order valence-corrected chi connectivity index (χ1v) is 4.40. The van der Waals surface area contributed by atoms with E-state index in [1.165, 1.54) is 13.1 Å². The van der Waals surface area contributed by atoms with Crippen LogP contribution in [0.15, 0.2) is 18.3 Å². The standard InChI is InChI=1S/C9H10ClN3O/c1-6-3-4-9(10)13-12-8(5-11-6)7(2)14/h3-5,13H,1-2H3. The van der Waals surface area contributed by atoms with Crippen molar-refractivity contribution < 1.29 is 4.79 Å². The minimum atomic E-state index is -0.166.